The first-order chi connectivity index (χ1) is 9.31. The second-order valence-corrected chi connectivity index (χ2v) is 4.83. The number of hydrogen-bond acceptors (Lipinski definition) is 5. The van der Waals surface area contributed by atoms with Crippen molar-refractivity contribution in [1.29, 1.82) is 0 Å². The van der Waals surface area contributed by atoms with Gasteiger partial charge in [-0.1, -0.05) is 6.07 Å². The fourth-order valence-corrected chi connectivity index (χ4v) is 2.23. The molecule has 5 nitrogen and oxygen atoms in total. The maximum Gasteiger partial charge on any atom is 0.130 e. The van der Waals surface area contributed by atoms with Gasteiger partial charge in [-0.3, -0.25) is 4.90 Å². The van der Waals surface area contributed by atoms with Gasteiger partial charge in [-0.2, -0.15) is 0 Å². The molecule has 1 fully saturated rings. The van der Waals surface area contributed by atoms with Gasteiger partial charge in [0.05, 0.1) is 13.2 Å². The Balaban J connectivity index is 1.84. The lowest BCUT2D eigenvalue weighted by Gasteiger charge is -2.26. The Bertz CT molecular complexity index is 379. The first-order valence-corrected chi connectivity index (χ1v) is 6.97. The van der Waals surface area contributed by atoms with Crippen molar-refractivity contribution in [3.05, 3.63) is 23.9 Å². The Morgan fingerprint density at radius 1 is 1.42 bits per heavy atom. The standard InChI is InChI=1S/C14H24N4O/c1-12(15-2)13-4-3-5-16-14(13)17-6-7-18-8-10-19-11-9-18/h3-5,12,15H,6-11H2,1-2H3,(H,16,17). The summed E-state index contributed by atoms with van der Waals surface area (Å²) in [6.07, 6.45) is 1.84. The van der Waals surface area contributed by atoms with E-state index in [1.54, 1.807) is 0 Å². The number of nitrogens with one attached hydrogen (secondary N) is 2. The number of rotatable bonds is 6. The van der Waals surface area contributed by atoms with Gasteiger partial charge < -0.3 is 15.4 Å². The molecule has 5 heteroatoms. The lowest BCUT2D eigenvalue weighted by atomic mass is 10.1. The minimum absolute atomic E-state index is 0.305. The fourth-order valence-electron chi connectivity index (χ4n) is 2.23. The van der Waals surface area contributed by atoms with Crippen LogP contribution in [0.25, 0.3) is 0 Å². The topological polar surface area (TPSA) is 49.4 Å². The molecule has 1 aliphatic rings. The van der Waals surface area contributed by atoms with Crippen LogP contribution in [-0.2, 0) is 4.74 Å². The van der Waals surface area contributed by atoms with Crippen LogP contribution >= 0.6 is 0 Å². The van der Waals surface area contributed by atoms with Crippen molar-refractivity contribution < 1.29 is 4.74 Å². The summed E-state index contributed by atoms with van der Waals surface area (Å²) >= 11 is 0. The van der Waals surface area contributed by atoms with E-state index in [9.17, 15) is 0 Å². The summed E-state index contributed by atoms with van der Waals surface area (Å²) < 4.78 is 5.35. The van der Waals surface area contributed by atoms with Gasteiger partial charge in [-0.15, -0.1) is 0 Å². The second kappa shape index (κ2) is 7.43. The molecular weight excluding hydrogens is 240 g/mol. The average Bonchev–Trinajstić information content (AvgIpc) is 2.48. The Labute approximate surface area is 115 Å². The molecule has 1 aromatic rings. The van der Waals surface area contributed by atoms with Crippen LogP contribution < -0.4 is 10.6 Å². The molecule has 0 aliphatic carbocycles. The molecular formula is C14H24N4O. The van der Waals surface area contributed by atoms with Crippen LogP contribution in [0, 0.1) is 0 Å². The van der Waals surface area contributed by atoms with Crippen molar-refractivity contribution in [2.75, 3.05) is 51.8 Å². The number of nitrogens with zero attached hydrogens (tertiary/aromatic N) is 2. The summed E-state index contributed by atoms with van der Waals surface area (Å²) in [5, 5.41) is 6.70. The third-order valence-electron chi connectivity index (χ3n) is 3.56. The van der Waals surface area contributed by atoms with Crippen molar-refractivity contribution >= 4 is 5.82 Å². The Morgan fingerprint density at radius 2 is 2.21 bits per heavy atom. The molecule has 1 aromatic heterocycles. The lowest BCUT2D eigenvalue weighted by molar-refractivity contribution is 0.0398. The molecule has 2 heterocycles. The zero-order valence-electron chi connectivity index (χ0n) is 11.9. The highest BCUT2D eigenvalue weighted by molar-refractivity contribution is 5.45. The number of morpholine rings is 1. The van der Waals surface area contributed by atoms with E-state index in [0.29, 0.717) is 6.04 Å². The predicted octanol–water partition coefficient (Wildman–Crippen LogP) is 1.11. The molecule has 0 bridgehead atoms. The van der Waals surface area contributed by atoms with Crippen LogP contribution in [0.3, 0.4) is 0 Å². The smallest absolute Gasteiger partial charge is 0.130 e. The van der Waals surface area contributed by atoms with Gasteiger partial charge in [0.25, 0.3) is 0 Å². The van der Waals surface area contributed by atoms with E-state index in [1.165, 1.54) is 5.56 Å². The Hall–Kier alpha value is -1.17. The Morgan fingerprint density at radius 3 is 2.95 bits per heavy atom. The van der Waals surface area contributed by atoms with Crippen molar-refractivity contribution in [2.24, 2.45) is 0 Å². The maximum absolute atomic E-state index is 5.35. The van der Waals surface area contributed by atoms with E-state index in [0.717, 1.165) is 45.2 Å². The summed E-state index contributed by atoms with van der Waals surface area (Å²) in [5.74, 6) is 0.984. The minimum atomic E-state index is 0.305. The first-order valence-electron chi connectivity index (χ1n) is 6.97. The van der Waals surface area contributed by atoms with Crippen molar-refractivity contribution in [3.8, 4) is 0 Å². The largest absolute Gasteiger partial charge is 0.379 e. The van der Waals surface area contributed by atoms with Crippen LogP contribution in [0.2, 0.25) is 0 Å². The highest BCUT2D eigenvalue weighted by atomic mass is 16.5. The van der Waals surface area contributed by atoms with Crippen LogP contribution in [0.1, 0.15) is 18.5 Å². The monoisotopic (exact) mass is 264 g/mol. The van der Waals surface area contributed by atoms with E-state index in [2.05, 4.69) is 33.5 Å². The van der Waals surface area contributed by atoms with Gasteiger partial charge >= 0.3 is 0 Å². The summed E-state index contributed by atoms with van der Waals surface area (Å²) in [5.41, 5.74) is 1.21. The number of hydrogen-bond donors (Lipinski definition) is 2. The number of anilines is 1. The lowest BCUT2D eigenvalue weighted by Crippen LogP contribution is -2.39. The quantitative estimate of drug-likeness (QED) is 0.806. The number of ether oxygens (including phenoxy) is 1. The summed E-state index contributed by atoms with van der Waals surface area (Å²) in [6, 6.07) is 4.40. The first kappa shape index (κ1) is 14.2. The molecule has 0 amide bonds. The zero-order valence-corrected chi connectivity index (χ0v) is 11.9. The zero-order chi connectivity index (χ0) is 13.5. The van der Waals surface area contributed by atoms with Crippen LogP contribution in [0.5, 0.6) is 0 Å². The van der Waals surface area contributed by atoms with E-state index in [4.69, 9.17) is 4.74 Å². The predicted molar refractivity (Wildman–Crippen MR) is 77.5 cm³/mol. The van der Waals surface area contributed by atoms with Gasteiger partial charge in [0, 0.05) is 44.0 Å². The van der Waals surface area contributed by atoms with Gasteiger partial charge in [0.2, 0.25) is 0 Å². The molecule has 106 valence electrons. The van der Waals surface area contributed by atoms with E-state index < -0.39 is 0 Å². The molecule has 1 atom stereocenters. The molecule has 1 saturated heterocycles. The van der Waals surface area contributed by atoms with Crippen molar-refractivity contribution in [3.63, 3.8) is 0 Å². The SMILES string of the molecule is CNC(C)c1cccnc1NCCN1CCOCC1. The molecule has 0 aromatic carbocycles. The van der Waals surface area contributed by atoms with E-state index >= 15 is 0 Å². The Kier molecular flexibility index (Phi) is 5.57. The summed E-state index contributed by atoms with van der Waals surface area (Å²) in [7, 11) is 1.97. The molecule has 0 radical (unpaired) electrons. The van der Waals surface area contributed by atoms with Crippen LogP contribution in [0.15, 0.2) is 18.3 Å². The highest BCUT2D eigenvalue weighted by Gasteiger charge is 2.11. The van der Waals surface area contributed by atoms with E-state index in [-0.39, 0.29) is 0 Å². The molecule has 2 rings (SSSR count). The minimum Gasteiger partial charge on any atom is -0.379 e. The van der Waals surface area contributed by atoms with Gasteiger partial charge in [-0.05, 0) is 20.0 Å². The fraction of sp³-hybridized carbons (Fsp3) is 0.643. The van der Waals surface area contributed by atoms with Gasteiger partial charge in [-0.25, -0.2) is 4.98 Å². The van der Waals surface area contributed by atoms with Crippen molar-refractivity contribution in [2.45, 2.75) is 13.0 Å². The molecule has 0 saturated carbocycles. The molecule has 2 N–H and O–H groups in total. The van der Waals surface area contributed by atoms with Crippen molar-refractivity contribution in [1.82, 2.24) is 15.2 Å². The van der Waals surface area contributed by atoms with Crippen LogP contribution in [-0.4, -0.2) is 56.3 Å². The molecule has 0 spiro atoms. The third kappa shape index (κ3) is 4.16. The number of pyridine rings is 1. The maximum atomic E-state index is 5.35. The highest BCUT2D eigenvalue weighted by Crippen LogP contribution is 2.19. The summed E-state index contributed by atoms with van der Waals surface area (Å²) in [4.78, 5) is 6.85. The molecule has 1 unspecified atom stereocenters. The average molecular weight is 264 g/mol. The van der Waals surface area contributed by atoms with E-state index in [1.807, 2.05) is 19.3 Å². The summed E-state index contributed by atoms with van der Waals surface area (Å²) in [6.45, 7) is 7.86. The molecule has 1 aliphatic heterocycles. The van der Waals surface area contributed by atoms with Gasteiger partial charge in [0.15, 0.2) is 0 Å². The van der Waals surface area contributed by atoms with Gasteiger partial charge in [0.1, 0.15) is 5.82 Å². The number of aromatic nitrogens is 1. The second-order valence-electron chi connectivity index (χ2n) is 4.83. The molecule has 19 heavy (non-hydrogen) atoms. The van der Waals surface area contributed by atoms with Crippen LogP contribution in [0.4, 0.5) is 5.82 Å². The third-order valence-corrected chi connectivity index (χ3v) is 3.56. The normalized spacial score (nSPS) is 18.2.